The Morgan fingerprint density at radius 2 is 2.19 bits per heavy atom. The summed E-state index contributed by atoms with van der Waals surface area (Å²) >= 11 is 0. The molecule has 4 nitrogen and oxygen atoms in total. The van der Waals surface area contributed by atoms with Gasteiger partial charge in [0.05, 0.1) is 24.3 Å². The SMILES string of the molecule is Cc1c(CNc2cncc(F)c2)cnn1C. The van der Waals surface area contributed by atoms with Gasteiger partial charge in [-0.2, -0.15) is 5.10 Å². The largest absolute Gasteiger partial charge is 0.380 e. The van der Waals surface area contributed by atoms with Crippen LogP contribution in [-0.4, -0.2) is 14.8 Å². The van der Waals surface area contributed by atoms with Crippen LogP contribution in [0.1, 0.15) is 11.3 Å². The summed E-state index contributed by atoms with van der Waals surface area (Å²) in [5.41, 5.74) is 2.85. The summed E-state index contributed by atoms with van der Waals surface area (Å²) in [5.74, 6) is -0.340. The lowest BCUT2D eigenvalue weighted by atomic mass is 10.2. The van der Waals surface area contributed by atoms with Crippen molar-refractivity contribution in [3.8, 4) is 0 Å². The zero-order valence-electron chi connectivity index (χ0n) is 9.24. The molecule has 0 unspecified atom stereocenters. The van der Waals surface area contributed by atoms with Gasteiger partial charge in [-0.15, -0.1) is 0 Å². The Morgan fingerprint density at radius 3 is 2.81 bits per heavy atom. The third-order valence-corrected chi connectivity index (χ3v) is 2.52. The van der Waals surface area contributed by atoms with Crippen molar-refractivity contribution in [2.24, 2.45) is 7.05 Å². The highest BCUT2D eigenvalue weighted by Crippen LogP contribution is 2.11. The average Bonchev–Trinajstić information content (AvgIpc) is 2.57. The molecule has 2 aromatic heterocycles. The van der Waals surface area contributed by atoms with Crippen LogP contribution >= 0.6 is 0 Å². The number of hydrogen-bond donors (Lipinski definition) is 1. The molecule has 84 valence electrons. The molecule has 0 saturated heterocycles. The van der Waals surface area contributed by atoms with Crippen molar-refractivity contribution in [2.75, 3.05) is 5.32 Å². The van der Waals surface area contributed by atoms with E-state index in [0.717, 1.165) is 11.3 Å². The van der Waals surface area contributed by atoms with Crippen molar-refractivity contribution in [1.82, 2.24) is 14.8 Å². The number of anilines is 1. The third-order valence-electron chi connectivity index (χ3n) is 2.52. The van der Waals surface area contributed by atoms with Gasteiger partial charge >= 0.3 is 0 Å². The number of rotatable bonds is 3. The Balaban J connectivity index is 2.05. The van der Waals surface area contributed by atoms with Crippen molar-refractivity contribution < 1.29 is 4.39 Å². The highest BCUT2D eigenvalue weighted by Gasteiger charge is 2.03. The van der Waals surface area contributed by atoms with Gasteiger partial charge in [-0.25, -0.2) is 4.39 Å². The van der Waals surface area contributed by atoms with Crippen LogP contribution in [-0.2, 0) is 13.6 Å². The van der Waals surface area contributed by atoms with Crippen molar-refractivity contribution in [3.63, 3.8) is 0 Å². The van der Waals surface area contributed by atoms with E-state index in [2.05, 4.69) is 15.4 Å². The lowest BCUT2D eigenvalue weighted by Crippen LogP contribution is -2.02. The van der Waals surface area contributed by atoms with Gasteiger partial charge in [0.1, 0.15) is 5.82 Å². The van der Waals surface area contributed by atoms with Gasteiger partial charge in [0.15, 0.2) is 0 Å². The van der Waals surface area contributed by atoms with Gasteiger partial charge in [0, 0.05) is 30.9 Å². The molecule has 0 amide bonds. The van der Waals surface area contributed by atoms with Crippen LogP contribution in [0, 0.1) is 12.7 Å². The smallest absolute Gasteiger partial charge is 0.143 e. The summed E-state index contributed by atoms with van der Waals surface area (Å²) in [7, 11) is 1.89. The quantitative estimate of drug-likeness (QED) is 0.858. The fraction of sp³-hybridized carbons (Fsp3) is 0.273. The van der Waals surface area contributed by atoms with Gasteiger partial charge in [-0.1, -0.05) is 0 Å². The molecule has 0 aliphatic carbocycles. The molecule has 2 rings (SSSR count). The summed E-state index contributed by atoms with van der Waals surface area (Å²) in [6, 6.07) is 1.42. The Bertz CT molecular complexity index is 492. The molecule has 0 fully saturated rings. The maximum atomic E-state index is 12.9. The summed E-state index contributed by atoms with van der Waals surface area (Å²) < 4.78 is 14.7. The number of nitrogens with one attached hydrogen (secondary N) is 1. The highest BCUT2D eigenvalue weighted by molar-refractivity contribution is 5.41. The van der Waals surface area contributed by atoms with E-state index >= 15 is 0 Å². The zero-order chi connectivity index (χ0) is 11.5. The minimum Gasteiger partial charge on any atom is -0.380 e. The molecular weight excluding hydrogens is 207 g/mol. The number of pyridine rings is 1. The highest BCUT2D eigenvalue weighted by atomic mass is 19.1. The standard InChI is InChI=1S/C11H13FN4/c1-8-9(5-15-16(8)2)4-14-11-3-10(12)6-13-7-11/h3,5-7,14H,4H2,1-2H3. The van der Waals surface area contributed by atoms with Crippen LogP contribution in [0.4, 0.5) is 10.1 Å². The topological polar surface area (TPSA) is 42.7 Å². The van der Waals surface area contributed by atoms with Crippen molar-refractivity contribution in [1.29, 1.82) is 0 Å². The lowest BCUT2D eigenvalue weighted by molar-refractivity contribution is 0.622. The van der Waals surface area contributed by atoms with Crippen LogP contribution in [0.2, 0.25) is 0 Å². The molecule has 0 aliphatic rings. The van der Waals surface area contributed by atoms with E-state index in [-0.39, 0.29) is 5.82 Å². The van der Waals surface area contributed by atoms with Crippen molar-refractivity contribution in [3.05, 3.63) is 41.7 Å². The fourth-order valence-corrected chi connectivity index (χ4v) is 1.42. The molecule has 0 radical (unpaired) electrons. The van der Waals surface area contributed by atoms with E-state index in [4.69, 9.17) is 0 Å². The molecule has 0 aliphatic heterocycles. The Kier molecular flexibility index (Phi) is 2.85. The Labute approximate surface area is 93.1 Å². The molecule has 2 aromatic rings. The molecule has 0 spiro atoms. The lowest BCUT2D eigenvalue weighted by Gasteiger charge is -2.05. The van der Waals surface area contributed by atoms with E-state index in [1.807, 2.05) is 14.0 Å². The fourth-order valence-electron chi connectivity index (χ4n) is 1.42. The average molecular weight is 220 g/mol. The third kappa shape index (κ3) is 2.18. The maximum absolute atomic E-state index is 12.9. The number of hydrogen-bond acceptors (Lipinski definition) is 3. The first-order chi connectivity index (χ1) is 7.66. The second kappa shape index (κ2) is 4.30. The maximum Gasteiger partial charge on any atom is 0.143 e. The summed E-state index contributed by atoms with van der Waals surface area (Å²) in [4.78, 5) is 3.77. The second-order valence-electron chi connectivity index (χ2n) is 3.62. The van der Waals surface area contributed by atoms with Gasteiger partial charge in [0.25, 0.3) is 0 Å². The van der Waals surface area contributed by atoms with Crippen LogP contribution in [0.15, 0.2) is 24.7 Å². The van der Waals surface area contributed by atoms with Crippen LogP contribution in [0.3, 0.4) is 0 Å². The minimum atomic E-state index is -0.340. The van der Waals surface area contributed by atoms with Crippen LogP contribution < -0.4 is 5.32 Å². The number of aryl methyl sites for hydroxylation is 1. The van der Waals surface area contributed by atoms with Crippen LogP contribution in [0.25, 0.3) is 0 Å². The minimum absolute atomic E-state index is 0.340. The van der Waals surface area contributed by atoms with Gasteiger partial charge in [0.2, 0.25) is 0 Å². The van der Waals surface area contributed by atoms with E-state index in [1.54, 1.807) is 17.1 Å². The van der Waals surface area contributed by atoms with E-state index in [1.165, 1.54) is 12.3 Å². The molecule has 2 heterocycles. The van der Waals surface area contributed by atoms with Gasteiger partial charge in [-0.3, -0.25) is 9.67 Å². The zero-order valence-corrected chi connectivity index (χ0v) is 9.24. The van der Waals surface area contributed by atoms with E-state index < -0.39 is 0 Å². The normalized spacial score (nSPS) is 10.4. The van der Waals surface area contributed by atoms with E-state index in [9.17, 15) is 4.39 Å². The van der Waals surface area contributed by atoms with Crippen LogP contribution in [0.5, 0.6) is 0 Å². The summed E-state index contributed by atoms with van der Waals surface area (Å²) in [6.07, 6.45) is 4.57. The van der Waals surface area contributed by atoms with E-state index in [0.29, 0.717) is 12.2 Å². The van der Waals surface area contributed by atoms with Crippen molar-refractivity contribution in [2.45, 2.75) is 13.5 Å². The molecule has 0 atom stereocenters. The first-order valence-electron chi connectivity index (χ1n) is 4.98. The first kappa shape index (κ1) is 10.6. The Hall–Kier alpha value is -1.91. The van der Waals surface area contributed by atoms with Crippen molar-refractivity contribution >= 4 is 5.69 Å². The summed E-state index contributed by atoms with van der Waals surface area (Å²) in [5, 5.41) is 7.23. The van der Waals surface area contributed by atoms with Gasteiger partial charge in [-0.05, 0) is 6.92 Å². The Morgan fingerprint density at radius 1 is 1.38 bits per heavy atom. The molecule has 16 heavy (non-hydrogen) atoms. The first-order valence-corrected chi connectivity index (χ1v) is 4.98. The number of halogens is 1. The molecule has 1 N–H and O–H groups in total. The number of nitrogens with zero attached hydrogens (tertiary/aromatic N) is 3. The monoisotopic (exact) mass is 220 g/mol. The predicted octanol–water partition coefficient (Wildman–Crippen LogP) is 1.87. The summed E-state index contributed by atoms with van der Waals surface area (Å²) in [6.45, 7) is 2.61. The molecule has 0 bridgehead atoms. The predicted molar refractivity (Wildman–Crippen MR) is 59.5 cm³/mol. The van der Waals surface area contributed by atoms with Gasteiger partial charge < -0.3 is 5.32 Å². The molecule has 5 heteroatoms. The second-order valence-corrected chi connectivity index (χ2v) is 3.62. The molecular formula is C11H13FN4. The molecule has 0 saturated carbocycles. The molecule has 0 aromatic carbocycles. The number of aromatic nitrogens is 3.